The summed E-state index contributed by atoms with van der Waals surface area (Å²) in [6.07, 6.45) is 0. The Kier molecular flexibility index (Phi) is 4.41. The van der Waals surface area contributed by atoms with E-state index in [4.69, 9.17) is 9.47 Å². The molecule has 0 aliphatic carbocycles. The molecule has 0 N–H and O–H groups in total. The van der Waals surface area contributed by atoms with Gasteiger partial charge < -0.3 is 9.47 Å². The maximum absolute atomic E-state index is 12.1. The molecule has 0 amide bonds. The van der Waals surface area contributed by atoms with Crippen molar-refractivity contribution in [3.63, 3.8) is 0 Å². The molecule has 0 aliphatic rings. The minimum Gasteiger partial charge on any atom is -0.493 e. The first-order chi connectivity index (χ1) is 9.60. The van der Waals surface area contributed by atoms with Crippen LogP contribution >= 0.6 is 0 Å². The second-order valence-electron chi connectivity index (χ2n) is 4.74. The van der Waals surface area contributed by atoms with Crippen LogP contribution in [0.25, 0.3) is 0 Å². The van der Waals surface area contributed by atoms with Crippen LogP contribution in [0.2, 0.25) is 0 Å². The van der Waals surface area contributed by atoms with E-state index < -0.39 is 0 Å². The first-order valence-corrected chi connectivity index (χ1v) is 6.47. The van der Waals surface area contributed by atoms with E-state index in [1.54, 1.807) is 13.2 Å². The van der Waals surface area contributed by atoms with Crippen molar-refractivity contribution in [2.24, 2.45) is 0 Å². The third-order valence-electron chi connectivity index (χ3n) is 3.02. The molecule has 0 spiro atoms. The van der Waals surface area contributed by atoms with Crippen LogP contribution in [0.5, 0.6) is 11.5 Å². The summed E-state index contributed by atoms with van der Waals surface area (Å²) in [6, 6.07) is 13.1. The van der Waals surface area contributed by atoms with Gasteiger partial charge in [-0.1, -0.05) is 29.8 Å². The van der Waals surface area contributed by atoms with E-state index in [-0.39, 0.29) is 12.4 Å². The number of carbonyl (C=O) groups is 1. The highest BCUT2D eigenvalue weighted by Gasteiger charge is 2.09. The molecule has 0 saturated carbocycles. The van der Waals surface area contributed by atoms with E-state index in [0.717, 1.165) is 11.1 Å². The molecule has 0 fully saturated rings. The van der Waals surface area contributed by atoms with Crippen molar-refractivity contribution in [1.29, 1.82) is 0 Å². The van der Waals surface area contributed by atoms with Crippen LogP contribution in [-0.2, 0) is 0 Å². The van der Waals surface area contributed by atoms with Crippen molar-refractivity contribution in [2.75, 3.05) is 13.7 Å². The number of Topliss-reactive ketones (excluding diaryl/α,β-unsaturated/α-hetero) is 1. The van der Waals surface area contributed by atoms with Gasteiger partial charge in [-0.3, -0.25) is 4.79 Å². The second-order valence-corrected chi connectivity index (χ2v) is 4.74. The molecule has 2 aromatic rings. The van der Waals surface area contributed by atoms with Gasteiger partial charge in [0.1, 0.15) is 0 Å². The summed E-state index contributed by atoms with van der Waals surface area (Å²) in [5, 5.41) is 0. The number of carbonyl (C=O) groups excluding carboxylic acids is 1. The molecular weight excluding hydrogens is 252 g/mol. The fraction of sp³-hybridized carbons (Fsp3) is 0.235. The average molecular weight is 270 g/mol. The average Bonchev–Trinajstić information content (AvgIpc) is 2.45. The van der Waals surface area contributed by atoms with Gasteiger partial charge in [0, 0.05) is 5.56 Å². The first-order valence-electron chi connectivity index (χ1n) is 6.47. The molecule has 20 heavy (non-hydrogen) atoms. The van der Waals surface area contributed by atoms with Gasteiger partial charge in [0.2, 0.25) is 0 Å². The van der Waals surface area contributed by atoms with E-state index in [0.29, 0.717) is 17.1 Å². The smallest absolute Gasteiger partial charge is 0.200 e. The summed E-state index contributed by atoms with van der Waals surface area (Å²) < 4.78 is 10.8. The number of benzene rings is 2. The number of aryl methyl sites for hydroxylation is 2. The van der Waals surface area contributed by atoms with E-state index >= 15 is 0 Å². The predicted octanol–water partition coefficient (Wildman–Crippen LogP) is 3.57. The number of ketones is 1. The van der Waals surface area contributed by atoms with Gasteiger partial charge in [0.15, 0.2) is 23.9 Å². The lowest BCUT2D eigenvalue weighted by Crippen LogP contribution is -2.12. The van der Waals surface area contributed by atoms with Crippen LogP contribution in [0.15, 0.2) is 42.5 Å². The van der Waals surface area contributed by atoms with Crippen molar-refractivity contribution in [2.45, 2.75) is 13.8 Å². The van der Waals surface area contributed by atoms with Crippen LogP contribution in [0.1, 0.15) is 21.5 Å². The zero-order valence-electron chi connectivity index (χ0n) is 12.0. The molecular formula is C17H18O3. The van der Waals surface area contributed by atoms with Crippen LogP contribution in [-0.4, -0.2) is 19.5 Å². The Morgan fingerprint density at radius 1 is 1.00 bits per heavy atom. The van der Waals surface area contributed by atoms with Gasteiger partial charge >= 0.3 is 0 Å². The van der Waals surface area contributed by atoms with Crippen LogP contribution in [0.3, 0.4) is 0 Å². The van der Waals surface area contributed by atoms with Gasteiger partial charge in [0.05, 0.1) is 7.11 Å². The van der Waals surface area contributed by atoms with Crippen molar-refractivity contribution >= 4 is 5.78 Å². The maximum atomic E-state index is 12.1. The SMILES string of the molecule is COc1cc(C)ccc1OCC(=O)c1cccc(C)c1. The lowest BCUT2D eigenvalue weighted by Gasteiger charge is -2.11. The third-order valence-corrected chi connectivity index (χ3v) is 3.02. The molecule has 3 heteroatoms. The molecule has 0 aromatic heterocycles. The summed E-state index contributed by atoms with van der Waals surface area (Å²) in [6.45, 7) is 3.94. The Hall–Kier alpha value is -2.29. The minimum absolute atomic E-state index is 0.00285. The van der Waals surface area contributed by atoms with E-state index in [1.165, 1.54) is 0 Å². The van der Waals surface area contributed by atoms with Crippen molar-refractivity contribution in [1.82, 2.24) is 0 Å². The lowest BCUT2D eigenvalue weighted by molar-refractivity contribution is 0.0919. The highest BCUT2D eigenvalue weighted by Crippen LogP contribution is 2.27. The molecule has 0 saturated heterocycles. The Morgan fingerprint density at radius 3 is 2.45 bits per heavy atom. The Balaban J connectivity index is 2.07. The fourth-order valence-electron chi connectivity index (χ4n) is 1.94. The first kappa shape index (κ1) is 14.1. The highest BCUT2D eigenvalue weighted by molar-refractivity contribution is 5.97. The van der Waals surface area contributed by atoms with Gasteiger partial charge in [-0.2, -0.15) is 0 Å². The van der Waals surface area contributed by atoms with Gasteiger partial charge in [-0.05, 0) is 37.6 Å². The highest BCUT2D eigenvalue weighted by atomic mass is 16.5. The van der Waals surface area contributed by atoms with E-state index in [2.05, 4.69) is 0 Å². The number of rotatable bonds is 5. The predicted molar refractivity (Wildman–Crippen MR) is 78.7 cm³/mol. The number of methoxy groups -OCH3 is 1. The van der Waals surface area contributed by atoms with Gasteiger partial charge in [-0.25, -0.2) is 0 Å². The quantitative estimate of drug-likeness (QED) is 0.779. The minimum atomic E-state index is -0.0451. The summed E-state index contributed by atoms with van der Waals surface area (Å²) in [4.78, 5) is 12.1. The molecule has 0 unspecified atom stereocenters. The van der Waals surface area contributed by atoms with Crippen molar-refractivity contribution in [3.8, 4) is 11.5 Å². The normalized spacial score (nSPS) is 10.2. The molecule has 104 valence electrons. The molecule has 0 heterocycles. The van der Waals surface area contributed by atoms with E-state index in [1.807, 2.05) is 50.2 Å². The molecule has 0 radical (unpaired) electrons. The standard InChI is InChI=1S/C17H18O3/c1-12-5-4-6-14(9-12)15(18)11-20-16-8-7-13(2)10-17(16)19-3/h4-10H,11H2,1-3H3. The second kappa shape index (κ2) is 6.24. The topological polar surface area (TPSA) is 35.5 Å². The number of ether oxygens (including phenoxy) is 2. The molecule has 0 aliphatic heterocycles. The van der Waals surface area contributed by atoms with E-state index in [9.17, 15) is 4.79 Å². The zero-order chi connectivity index (χ0) is 14.5. The Labute approximate surface area is 119 Å². The monoisotopic (exact) mass is 270 g/mol. The van der Waals surface area contributed by atoms with Gasteiger partial charge in [0.25, 0.3) is 0 Å². The largest absolute Gasteiger partial charge is 0.493 e. The molecule has 2 aromatic carbocycles. The summed E-state index contributed by atoms with van der Waals surface area (Å²) in [5.74, 6) is 1.18. The lowest BCUT2D eigenvalue weighted by atomic mass is 10.1. The summed E-state index contributed by atoms with van der Waals surface area (Å²) in [7, 11) is 1.59. The molecule has 0 atom stereocenters. The Bertz CT molecular complexity index is 617. The van der Waals surface area contributed by atoms with Crippen LogP contribution < -0.4 is 9.47 Å². The molecule has 2 rings (SSSR count). The zero-order valence-corrected chi connectivity index (χ0v) is 12.0. The maximum Gasteiger partial charge on any atom is 0.200 e. The van der Waals surface area contributed by atoms with Crippen LogP contribution in [0, 0.1) is 13.8 Å². The Morgan fingerprint density at radius 2 is 1.75 bits per heavy atom. The fourth-order valence-corrected chi connectivity index (χ4v) is 1.94. The molecule has 3 nitrogen and oxygen atoms in total. The van der Waals surface area contributed by atoms with Crippen molar-refractivity contribution in [3.05, 3.63) is 59.2 Å². The van der Waals surface area contributed by atoms with Crippen molar-refractivity contribution < 1.29 is 14.3 Å². The number of hydrogen-bond donors (Lipinski definition) is 0. The number of hydrogen-bond acceptors (Lipinski definition) is 3. The molecule has 0 bridgehead atoms. The third kappa shape index (κ3) is 3.38. The van der Waals surface area contributed by atoms with Crippen LogP contribution in [0.4, 0.5) is 0 Å². The van der Waals surface area contributed by atoms with Gasteiger partial charge in [-0.15, -0.1) is 0 Å². The summed E-state index contributed by atoms with van der Waals surface area (Å²) >= 11 is 0. The summed E-state index contributed by atoms with van der Waals surface area (Å²) in [5.41, 5.74) is 2.80.